The van der Waals surface area contributed by atoms with Gasteiger partial charge in [-0.15, -0.1) is 4.40 Å². The van der Waals surface area contributed by atoms with Crippen LogP contribution in [0.4, 0.5) is 0 Å². The number of sulfonamides is 1. The Morgan fingerprint density at radius 3 is 2.83 bits per heavy atom. The van der Waals surface area contributed by atoms with Crippen LogP contribution in [0, 0.1) is 0 Å². The number of aryl methyl sites for hydroxylation is 1. The number of hydrogen-bond donors (Lipinski definition) is 1. The first kappa shape index (κ1) is 16.4. The third kappa shape index (κ3) is 3.91. The molecule has 0 saturated heterocycles. The summed E-state index contributed by atoms with van der Waals surface area (Å²) in [5.74, 6) is -0.120. The molecule has 1 amide bonds. The van der Waals surface area contributed by atoms with E-state index in [4.69, 9.17) is 0 Å². The highest BCUT2D eigenvalue weighted by Crippen LogP contribution is 2.17. The summed E-state index contributed by atoms with van der Waals surface area (Å²) in [7, 11) is -3.49. The number of carbonyl (C=O) groups is 1. The molecule has 0 radical (unpaired) electrons. The maximum absolute atomic E-state index is 12.4. The molecule has 0 spiro atoms. The second-order valence-electron chi connectivity index (χ2n) is 5.66. The molecule has 0 bridgehead atoms. The molecule has 24 heavy (non-hydrogen) atoms. The van der Waals surface area contributed by atoms with Crippen LogP contribution in [0.1, 0.15) is 12.0 Å². The van der Waals surface area contributed by atoms with Gasteiger partial charge in [0.25, 0.3) is 15.9 Å². The Morgan fingerprint density at radius 1 is 1.25 bits per heavy atom. The van der Waals surface area contributed by atoms with E-state index in [0.29, 0.717) is 18.7 Å². The van der Waals surface area contributed by atoms with Gasteiger partial charge in [-0.05, 0) is 30.6 Å². The predicted molar refractivity (Wildman–Crippen MR) is 92.9 cm³/mol. The van der Waals surface area contributed by atoms with Gasteiger partial charge in [-0.1, -0.05) is 30.3 Å². The van der Waals surface area contributed by atoms with Crippen molar-refractivity contribution in [3.63, 3.8) is 0 Å². The molecule has 1 aromatic rings. The minimum absolute atomic E-state index is 0.0349. The van der Waals surface area contributed by atoms with Crippen LogP contribution < -0.4 is 5.32 Å². The van der Waals surface area contributed by atoms with Gasteiger partial charge in [-0.2, -0.15) is 0 Å². The lowest BCUT2D eigenvalue weighted by Gasteiger charge is -2.28. The highest BCUT2D eigenvalue weighted by atomic mass is 32.2. The summed E-state index contributed by atoms with van der Waals surface area (Å²) < 4.78 is 27.1. The quantitative estimate of drug-likeness (QED) is 0.814. The third-order valence-corrected chi connectivity index (χ3v) is 5.02. The monoisotopic (exact) mass is 345 g/mol. The second kappa shape index (κ2) is 7.00. The zero-order valence-electron chi connectivity index (χ0n) is 13.2. The van der Waals surface area contributed by atoms with E-state index in [1.807, 2.05) is 18.2 Å². The highest BCUT2D eigenvalue weighted by molar-refractivity contribution is 7.90. The van der Waals surface area contributed by atoms with Gasteiger partial charge in [0.05, 0.1) is 11.3 Å². The average Bonchev–Trinajstić information content (AvgIpc) is 2.58. The average molecular weight is 345 g/mol. The van der Waals surface area contributed by atoms with Gasteiger partial charge in [0.2, 0.25) is 0 Å². The van der Waals surface area contributed by atoms with Gasteiger partial charge < -0.3 is 10.2 Å². The van der Waals surface area contributed by atoms with Crippen LogP contribution in [0.2, 0.25) is 0 Å². The fourth-order valence-electron chi connectivity index (χ4n) is 2.63. The molecule has 7 heteroatoms. The van der Waals surface area contributed by atoms with Crippen molar-refractivity contribution < 1.29 is 13.2 Å². The first-order chi connectivity index (χ1) is 11.6. The van der Waals surface area contributed by atoms with Crippen LogP contribution in [0.25, 0.3) is 0 Å². The molecule has 3 rings (SSSR count). The summed E-state index contributed by atoms with van der Waals surface area (Å²) in [5.41, 5.74) is 1.51. The van der Waals surface area contributed by atoms with Crippen molar-refractivity contribution in [3.05, 3.63) is 59.8 Å². The molecule has 0 unspecified atom stereocenters. The number of nitrogens with one attached hydrogen (secondary N) is 1. The molecule has 0 aromatic heterocycles. The Morgan fingerprint density at radius 2 is 2.04 bits per heavy atom. The Hall–Kier alpha value is -2.41. The van der Waals surface area contributed by atoms with E-state index in [1.165, 1.54) is 5.56 Å². The number of benzene rings is 1. The molecule has 0 saturated carbocycles. The smallest absolute Gasteiger partial charge is 0.256 e. The number of amides is 1. The summed E-state index contributed by atoms with van der Waals surface area (Å²) in [6.45, 7) is 0.838. The molecule has 2 aliphatic rings. The molecule has 6 nitrogen and oxygen atoms in total. The summed E-state index contributed by atoms with van der Waals surface area (Å²) in [4.78, 5) is 14.1. The fourth-order valence-corrected chi connectivity index (χ4v) is 3.61. The number of fused-ring (bicyclic) bond motifs is 1. The lowest BCUT2D eigenvalue weighted by atomic mass is 10.1. The number of nitrogens with zero attached hydrogens (tertiary/aromatic N) is 2. The van der Waals surface area contributed by atoms with Gasteiger partial charge in [-0.25, -0.2) is 8.42 Å². The van der Waals surface area contributed by atoms with Crippen LogP contribution in [-0.4, -0.2) is 43.9 Å². The topological polar surface area (TPSA) is 78.8 Å². The van der Waals surface area contributed by atoms with Crippen molar-refractivity contribution in [2.45, 2.75) is 12.8 Å². The van der Waals surface area contributed by atoms with Crippen LogP contribution in [-0.2, 0) is 21.2 Å². The SMILES string of the molecule is O=C(NCCCc1ccccc1)C1=CC=CN2CCS(=O)(=O)N=C12. The van der Waals surface area contributed by atoms with Gasteiger partial charge in [0.15, 0.2) is 5.84 Å². The Kier molecular flexibility index (Phi) is 4.80. The Balaban J connectivity index is 1.59. The van der Waals surface area contributed by atoms with E-state index in [9.17, 15) is 13.2 Å². The minimum atomic E-state index is -3.49. The van der Waals surface area contributed by atoms with Gasteiger partial charge in [0.1, 0.15) is 0 Å². The Labute approximate surface area is 141 Å². The van der Waals surface area contributed by atoms with E-state index in [0.717, 1.165) is 12.8 Å². The van der Waals surface area contributed by atoms with Crippen LogP contribution >= 0.6 is 0 Å². The lowest BCUT2D eigenvalue weighted by Crippen LogP contribution is -2.42. The number of allylic oxidation sites excluding steroid dienone is 2. The fraction of sp³-hybridized carbons (Fsp3) is 0.294. The molecule has 0 aliphatic carbocycles. The zero-order valence-corrected chi connectivity index (χ0v) is 14.0. The standard InChI is InChI=1S/C17H19N3O3S/c21-17(18-10-4-8-14-6-2-1-3-7-14)15-9-5-11-20-12-13-24(22,23)19-16(15)20/h1-3,5-7,9,11H,4,8,10,12-13H2,(H,18,21). The first-order valence-corrected chi connectivity index (χ1v) is 9.46. The molecule has 126 valence electrons. The first-order valence-electron chi connectivity index (χ1n) is 7.85. The van der Waals surface area contributed by atoms with Crippen molar-refractivity contribution >= 4 is 21.8 Å². The molecule has 0 atom stereocenters. The molecule has 2 heterocycles. The molecular formula is C17H19N3O3S. The van der Waals surface area contributed by atoms with Crippen molar-refractivity contribution in [2.24, 2.45) is 4.40 Å². The van der Waals surface area contributed by atoms with Gasteiger partial charge in [0, 0.05) is 19.3 Å². The number of rotatable bonds is 5. The largest absolute Gasteiger partial charge is 0.352 e. The summed E-state index contributed by atoms with van der Waals surface area (Å²) in [6, 6.07) is 10.1. The number of hydrogen-bond acceptors (Lipinski definition) is 4. The highest BCUT2D eigenvalue weighted by Gasteiger charge is 2.29. The Bertz CT molecular complexity index is 811. The molecule has 2 aliphatic heterocycles. The van der Waals surface area contributed by atoms with E-state index in [2.05, 4.69) is 21.8 Å². The summed E-state index contributed by atoms with van der Waals surface area (Å²) in [6.07, 6.45) is 6.76. The van der Waals surface area contributed by atoms with Crippen LogP contribution in [0.3, 0.4) is 0 Å². The number of amidine groups is 1. The zero-order chi connectivity index (χ0) is 17.0. The number of carbonyl (C=O) groups excluding carboxylic acids is 1. The van der Waals surface area contributed by atoms with E-state index < -0.39 is 10.0 Å². The van der Waals surface area contributed by atoms with Crippen LogP contribution in [0.5, 0.6) is 0 Å². The molecule has 0 fully saturated rings. The van der Waals surface area contributed by atoms with Crippen LogP contribution in [0.15, 0.2) is 58.7 Å². The maximum Gasteiger partial charge on any atom is 0.256 e. The van der Waals surface area contributed by atoms with E-state index in [1.54, 1.807) is 23.3 Å². The summed E-state index contributed by atoms with van der Waals surface area (Å²) in [5, 5.41) is 2.84. The predicted octanol–water partition coefficient (Wildman–Crippen LogP) is 1.23. The van der Waals surface area contributed by atoms with Crippen molar-refractivity contribution in [2.75, 3.05) is 18.8 Å². The molecule has 1 N–H and O–H groups in total. The van der Waals surface area contributed by atoms with Gasteiger partial charge in [-0.3, -0.25) is 4.79 Å². The van der Waals surface area contributed by atoms with Crippen molar-refractivity contribution in [1.82, 2.24) is 10.2 Å². The lowest BCUT2D eigenvalue weighted by molar-refractivity contribution is -0.117. The van der Waals surface area contributed by atoms with E-state index in [-0.39, 0.29) is 17.5 Å². The minimum Gasteiger partial charge on any atom is -0.352 e. The van der Waals surface area contributed by atoms with Crippen molar-refractivity contribution in [1.29, 1.82) is 0 Å². The normalized spacial score (nSPS) is 18.4. The molecule has 1 aromatic carbocycles. The molecular weight excluding hydrogens is 326 g/mol. The second-order valence-corrected chi connectivity index (χ2v) is 7.42. The van der Waals surface area contributed by atoms with Gasteiger partial charge >= 0.3 is 0 Å². The van der Waals surface area contributed by atoms with Crippen molar-refractivity contribution in [3.8, 4) is 0 Å². The maximum atomic E-state index is 12.4. The summed E-state index contributed by atoms with van der Waals surface area (Å²) >= 11 is 0. The third-order valence-electron chi connectivity index (χ3n) is 3.87. The van der Waals surface area contributed by atoms with E-state index >= 15 is 0 Å².